The van der Waals surface area contributed by atoms with E-state index in [1.54, 1.807) is 27.4 Å². The van der Waals surface area contributed by atoms with Crippen LogP contribution < -0.4 is 14.2 Å². The lowest BCUT2D eigenvalue weighted by Gasteiger charge is -2.32. The van der Waals surface area contributed by atoms with Crippen LogP contribution in [0.4, 0.5) is 0 Å². The molecule has 3 rings (SSSR count). The van der Waals surface area contributed by atoms with Crippen molar-refractivity contribution in [2.45, 2.75) is 32.8 Å². The fourth-order valence-electron chi connectivity index (χ4n) is 4.33. The van der Waals surface area contributed by atoms with Crippen LogP contribution in [-0.4, -0.2) is 34.2 Å². The first-order valence-corrected chi connectivity index (χ1v) is 9.45. The van der Waals surface area contributed by atoms with Gasteiger partial charge in [-0.15, -0.1) is 0 Å². The van der Waals surface area contributed by atoms with Crippen molar-refractivity contribution in [2.24, 2.45) is 11.3 Å². The third-order valence-corrected chi connectivity index (χ3v) is 5.77. The van der Waals surface area contributed by atoms with Crippen LogP contribution in [0.15, 0.2) is 35.8 Å². The van der Waals surface area contributed by atoms with Gasteiger partial charge in [0, 0.05) is 17.6 Å². The fourth-order valence-corrected chi connectivity index (χ4v) is 4.33. The molecule has 1 heterocycles. The van der Waals surface area contributed by atoms with Crippen LogP contribution in [0.25, 0.3) is 0 Å². The van der Waals surface area contributed by atoms with Gasteiger partial charge in [0.05, 0.1) is 33.9 Å². The Balaban J connectivity index is 2.10. The molecular weight excluding hydrogens is 360 g/mol. The number of rotatable bonds is 7. The van der Waals surface area contributed by atoms with Gasteiger partial charge in [-0.3, -0.25) is 4.79 Å². The highest BCUT2D eigenvalue weighted by Crippen LogP contribution is 2.58. The van der Waals surface area contributed by atoms with E-state index in [9.17, 15) is 4.79 Å². The van der Waals surface area contributed by atoms with E-state index in [0.29, 0.717) is 28.8 Å². The smallest absolute Gasteiger partial charge is 0.223 e. The number of benzene rings is 1. The number of carbonyl (C=O) groups excluding carboxylic acids is 1. The largest absolute Gasteiger partial charge is 0.493 e. The second kappa shape index (κ2) is 7.78. The van der Waals surface area contributed by atoms with Crippen LogP contribution in [0.1, 0.15) is 38.4 Å². The molecule has 0 aromatic heterocycles. The van der Waals surface area contributed by atoms with Gasteiger partial charge in [0.2, 0.25) is 11.5 Å². The highest BCUT2D eigenvalue weighted by atomic mass is 16.5. The number of hydrogen-bond donors (Lipinski definition) is 0. The summed E-state index contributed by atoms with van der Waals surface area (Å²) < 4.78 is 28.1. The Morgan fingerprint density at radius 2 is 1.68 bits per heavy atom. The molecule has 6 nitrogen and oxygen atoms in total. The lowest BCUT2D eigenvalue weighted by atomic mass is 9.68. The predicted octanol–water partition coefficient (Wildman–Crippen LogP) is 4.20. The minimum absolute atomic E-state index is 0.0831. The monoisotopic (exact) mass is 388 g/mol. The molecule has 1 aromatic carbocycles. The van der Waals surface area contributed by atoms with Crippen molar-refractivity contribution < 1.29 is 28.5 Å². The number of ketones is 1. The third kappa shape index (κ3) is 3.01. The fraction of sp³-hybridized carbons (Fsp3) is 0.500. The molecule has 0 bridgehead atoms. The number of hydrogen-bond acceptors (Lipinski definition) is 6. The second-order valence-corrected chi connectivity index (χ2v) is 7.16. The summed E-state index contributed by atoms with van der Waals surface area (Å²) in [6.07, 6.45) is 5.07. The molecule has 28 heavy (non-hydrogen) atoms. The van der Waals surface area contributed by atoms with E-state index < -0.39 is 0 Å². The Hall–Kier alpha value is -2.63. The van der Waals surface area contributed by atoms with E-state index in [0.717, 1.165) is 18.4 Å². The molecule has 0 amide bonds. The van der Waals surface area contributed by atoms with Crippen molar-refractivity contribution in [1.82, 2.24) is 0 Å². The lowest BCUT2D eigenvalue weighted by molar-refractivity contribution is -0.114. The maximum atomic E-state index is 12.3. The summed E-state index contributed by atoms with van der Waals surface area (Å²) in [5.74, 6) is 2.68. The van der Waals surface area contributed by atoms with Gasteiger partial charge in [-0.25, -0.2) is 0 Å². The van der Waals surface area contributed by atoms with Crippen LogP contribution in [0.2, 0.25) is 0 Å². The number of methoxy groups -OCH3 is 4. The Kier molecular flexibility index (Phi) is 5.59. The van der Waals surface area contributed by atoms with Gasteiger partial charge >= 0.3 is 0 Å². The molecule has 1 aromatic rings. The van der Waals surface area contributed by atoms with Crippen LogP contribution in [-0.2, 0) is 14.3 Å². The third-order valence-electron chi connectivity index (χ3n) is 5.77. The molecule has 2 aliphatic rings. The summed E-state index contributed by atoms with van der Waals surface area (Å²) in [7, 11) is 6.28. The first-order chi connectivity index (χ1) is 13.4. The molecule has 0 radical (unpaired) electrons. The van der Waals surface area contributed by atoms with Gasteiger partial charge in [0.1, 0.15) is 11.9 Å². The average Bonchev–Trinajstić information content (AvgIpc) is 2.98. The molecule has 1 aliphatic carbocycles. The maximum Gasteiger partial charge on any atom is 0.223 e. The molecule has 0 spiro atoms. The first kappa shape index (κ1) is 20.1. The van der Waals surface area contributed by atoms with E-state index >= 15 is 0 Å². The van der Waals surface area contributed by atoms with Crippen molar-refractivity contribution in [2.75, 3.05) is 28.4 Å². The maximum absolute atomic E-state index is 12.3. The van der Waals surface area contributed by atoms with Gasteiger partial charge in [0.15, 0.2) is 17.3 Å². The summed E-state index contributed by atoms with van der Waals surface area (Å²) in [6.45, 7) is 4.27. The summed E-state index contributed by atoms with van der Waals surface area (Å²) in [5.41, 5.74) is 0.534. The molecular formula is C22H28O6. The summed E-state index contributed by atoms with van der Waals surface area (Å²) in [6, 6.07) is 3.81. The summed E-state index contributed by atoms with van der Waals surface area (Å²) >= 11 is 0. The van der Waals surface area contributed by atoms with Crippen molar-refractivity contribution in [3.05, 3.63) is 41.4 Å². The summed E-state index contributed by atoms with van der Waals surface area (Å²) in [4.78, 5) is 12.3. The Morgan fingerprint density at radius 3 is 2.18 bits per heavy atom. The highest BCUT2D eigenvalue weighted by molar-refractivity contribution is 6.04. The molecule has 1 saturated heterocycles. The van der Waals surface area contributed by atoms with E-state index in [-0.39, 0.29) is 23.2 Å². The number of allylic oxidation sites excluding steroid dienone is 2. The molecule has 6 heteroatoms. The van der Waals surface area contributed by atoms with Crippen LogP contribution in [0.5, 0.6) is 17.2 Å². The van der Waals surface area contributed by atoms with E-state index in [1.165, 1.54) is 7.11 Å². The Labute approximate surface area is 166 Å². The first-order valence-electron chi connectivity index (χ1n) is 9.45. The molecule has 152 valence electrons. The molecule has 0 N–H and O–H groups in total. The van der Waals surface area contributed by atoms with Crippen LogP contribution in [0, 0.1) is 11.3 Å². The topological polar surface area (TPSA) is 63.2 Å². The van der Waals surface area contributed by atoms with Crippen molar-refractivity contribution in [3.63, 3.8) is 0 Å². The molecule has 0 saturated carbocycles. The Morgan fingerprint density at radius 1 is 1.04 bits per heavy atom. The predicted molar refractivity (Wildman–Crippen MR) is 105 cm³/mol. The summed E-state index contributed by atoms with van der Waals surface area (Å²) in [5, 5.41) is 0. The van der Waals surface area contributed by atoms with Crippen LogP contribution >= 0.6 is 0 Å². The SMILES string of the molecule is CCC[C@]12C=C(OC)C(=O)C=C1O[C@@H](c1cc(OC)c(OC)c(OC)c1)[C@@H]2C. The number of ether oxygens (including phenoxy) is 5. The van der Waals surface area contributed by atoms with Crippen molar-refractivity contribution in [1.29, 1.82) is 0 Å². The molecule has 0 unspecified atom stereocenters. The van der Waals surface area contributed by atoms with Gasteiger partial charge in [-0.05, 0) is 24.6 Å². The van der Waals surface area contributed by atoms with Crippen molar-refractivity contribution >= 4 is 5.78 Å². The minimum atomic E-state index is -0.376. The van der Waals surface area contributed by atoms with Crippen LogP contribution in [0.3, 0.4) is 0 Å². The van der Waals surface area contributed by atoms with Gasteiger partial charge < -0.3 is 23.7 Å². The lowest BCUT2D eigenvalue weighted by Crippen LogP contribution is -2.29. The van der Waals surface area contributed by atoms with E-state index in [1.807, 2.05) is 18.2 Å². The quantitative estimate of drug-likeness (QED) is 0.697. The zero-order valence-electron chi connectivity index (χ0n) is 17.3. The zero-order chi connectivity index (χ0) is 20.5. The standard InChI is InChI=1S/C22H28O6/c1-7-8-22-12-18(26-5)15(23)11-19(22)28-20(13(22)2)14-9-16(24-3)21(27-6)17(10-14)25-4/h9-13,20H,7-8H2,1-6H3/t13-,20+,22+/m0/s1. The molecule has 1 aliphatic heterocycles. The zero-order valence-corrected chi connectivity index (χ0v) is 17.3. The Bertz CT molecular complexity index is 799. The average molecular weight is 388 g/mol. The van der Waals surface area contributed by atoms with E-state index in [2.05, 4.69) is 13.8 Å². The number of fused-ring (bicyclic) bond motifs is 1. The normalized spacial score (nSPS) is 26.0. The van der Waals surface area contributed by atoms with Gasteiger partial charge in [-0.2, -0.15) is 0 Å². The van der Waals surface area contributed by atoms with E-state index in [4.69, 9.17) is 23.7 Å². The van der Waals surface area contributed by atoms with Crippen molar-refractivity contribution in [3.8, 4) is 17.2 Å². The van der Waals surface area contributed by atoms with Gasteiger partial charge in [-0.1, -0.05) is 20.3 Å². The highest BCUT2D eigenvalue weighted by Gasteiger charge is 2.53. The molecule has 1 fully saturated rings. The second-order valence-electron chi connectivity index (χ2n) is 7.16. The number of carbonyl (C=O) groups is 1. The minimum Gasteiger partial charge on any atom is -0.493 e. The molecule has 3 atom stereocenters. The van der Waals surface area contributed by atoms with Gasteiger partial charge in [0.25, 0.3) is 0 Å².